The summed E-state index contributed by atoms with van der Waals surface area (Å²) in [7, 11) is 0. The van der Waals surface area contributed by atoms with Gasteiger partial charge in [-0.15, -0.1) is 11.3 Å². The highest BCUT2D eigenvalue weighted by Gasteiger charge is 2.10. The van der Waals surface area contributed by atoms with Gasteiger partial charge in [-0.05, 0) is 34.3 Å². The van der Waals surface area contributed by atoms with E-state index in [-0.39, 0.29) is 6.42 Å². The van der Waals surface area contributed by atoms with Crippen molar-refractivity contribution in [3.8, 4) is 0 Å². The van der Waals surface area contributed by atoms with E-state index in [0.29, 0.717) is 12.3 Å². The van der Waals surface area contributed by atoms with Gasteiger partial charge in [-0.25, -0.2) is 0 Å². The molecule has 0 spiro atoms. The lowest BCUT2D eigenvalue weighted by atomic mass is 10.2. The summed E-state index contributed by atoms with van der Waals surface area (Å²) in [6.45, 7) is 4.27. The molecule has 0 aliphatic heterocycles. The van der Waals surface area contributed by atoms with E-state index >= 15 is 0 Å². The largest absolute Gasteiger partial charge is 0.481 e. The Morgan fingerprint density at radius 2 is 2.29 bits per heavy atom. The van der Waals surface area contributed by atoms with E-state index in [4.69, 9.17) is 5.11 Å². The van der Waals surface area contributed by atoms with Crippen molar-refractivity contribution in [1.29, 1.82) is 0 Å². The van der Waals surface area contributed by atoms with Crippen molar-refractivity contribution in [2.24, 2.45) is 0 Å². The zero-order valence-corrected chi connectivity index (χ0v) is 10.6. The Morgan fingerprint density at radius 1 is 1.64 bits per heavy atom. The summed E-state index contributed by atoms with van der Waals surface area (Å²) in [5.41, 5.74) is 0. The molecule has 0 aromatic carbocycles. The molecule has 0 aliphatic rings. The molecule has 1 aromatic rings. The van der Waals surface area contributed by atoms with Gasteiger partial charge in [-0.1, -0.05) is 13.8 Å². The molecule has 0 amide bonds. The van der Waals surface area contributed by atoms with Crippen LogP contribution in [0, 0.1) is 0 Å². The maximum Gasteiger partial charge on any atom is 0.303 e. The average molecular weight is 277 g/mol. The minimum Gasteiger partial charge on any atom is -0.481 e. The molecule has 0 saturated heterocycles. The number of hydrogen-bond donors (Lipinski definition) is 1. The van der Waals surface area contributed by atoms with Gasteiger partial charge in [0.15, 0.2) is 0 Å². The molecule has 0 atom stereocenters. The van der Waals surface area contributed by atoms with E-state index in [9.17, 15) is 4.79 Å². The Bertz CT molecular complexity index is 331. The maximum atomic E-state index is 10.4. The molecular weight excluding hydrogens is 264 g/mol. The number of carboxylic acids is 1. The molecule has 0 fully saturated rings. The normalized spacial score (nSPS) is 10.9. The van der Waals surface area contributed by atoms with Crippen molar-refractivity contribution in [3.05, 3.63) is 20.3 Å². The highest BCUT2D eigenvalue weighted by Crippen LogP contribution is 2.33. The quantitative estimate of drug-likeness (QED) is 0.912. The second-order valence-corrected chi connectivity index (χ2v) is 5.50. The molecule has 14 heavy (non-hydrogen) atoms. The molecule has 1 heterocycles. The molecule has 2 nitrogen and oxygen atoms in total. The topological polar surface area (TPSA) is 37.3 Å². The van der Waals surface area contributed by atoms with E-state index in [1.165, 1.54) is 4.88 Å². The minimum atomic E-state index is -0.736. The Kier molecular flexibility index (Phi) is 4.13. The van der Waals surface area contributed by atoms with Crippen LogP contribution in [0.15, 0.2) is 10.5 Å². The Labute approximate surface area is 96.1 Å². The number of rotatable bonds is 4. The molecule has 0 radical (unpaired) electrons. The van der Waals surface area contributed by atoms with Crippen LogP contribution in [0.2, 0.25) is 0 Å². The second-order valence-electron chi connectivity index (χ2n) is 3.47. The minimum absolute atomic E-state index is 0.213. The zero-order valence-electron chi connectivity index (χ0n) is 8.21. The van der Waals surface area contributed by atoms with E-state index in [1.54, 1.807) is 11.3 Å². The summed E-state index contributed by atoms with van der Waals surface area (Å²) >= 11 is 5.19. The van der Waals surface area contributed by atoms with Crippen LogP contribution in [-0.2, 0) is 11.2 Å². The number of aryl methyl sites for hydroxylation is 1. The van der Waals surface area contributed by atoms with Crippen LogP contribution in [0.4, 0.5) is 0 Å². The first-order chi connectivity index (χ1) is 6.50. The number of thiophene rings is 1. The van der Waals surface area contributed by atoms with E-state index in [2.05, 4.69) is 29.8 Å². The van der Waals surface area contributed by atoms with Crippen molar-refractivity contribution >= 4 is 33.2 Å². The third-order valence-corrected chi connectivity index (χ3v) is 4.29. The van der Waals surface area contributed by atoms with Gasteiger partial charge >= 0.3 is 5.97 Å². The molecule has 0 bridgehead atoms. The first kappa shape index (κ1) is 11.7. The van der Waals surface area contributed by atoms with Crippen LogP contribution in [0.1, 0.15) is 35.9 Å². The Hall–Kier alpha value is -0.350. The number of hydrogen-bond acceptors (Lipinski definition) is 2. The molecule has 78 valence electrons. The van der Waals surface area contributed by atoms with Gasteiger partial charge in [0.1, 0.15) is 0 Å². The molecule has 0 unspecified atom stereocenters. The van der Waals surface area contributed by atoms with E-state index < -0.39 is 5.97 Å². The summed E-state index contributed by atoms with van der Waals surface area (Å²) in [6.07, 6.45) is 0.843. The van der Waals surface area contributed by atoms with Crippen molar-refractivity contribution in [2.45, 2.75) is 32.6 Å². The van der Waals surface area contributed by atoms with Crippen LogP contribution in [0.25, 0.3) is 0 Å². The Balaban J connectivity index is 2.71. The Morgan fingerprint density at radius 3 is 2.71 bits per heavy atom. The van der Waals surface area contributed by atoms with Crippen molar-refractivity contribution < 1.29 is 9.90 Å². The highest BCUT2D eigenvalue weighted by atomic mass is 79.9. The lowest BCUT2D eigenvalue weighted by Crippen LogP contribution is -1.95. The third kappa shape index (κ3) is 3.10. The molecular formula is C10H13BrO2S. The van der Waals surface area contributed by atoms with Crippen LogP contribution >= 0.6 is 27.3 Å². The number of carbonyl (C=O) groups is 1. The van der Waals surface area contributed by atoms with Crippen molar-refractivity contribution in [3.63, 3.8) is 0 Å². The first-order valence-corrected chi connectivity index (χ1v) is 6.11. The van der Waals surface area contributed by atoms with Crippen molar-refractivity contribution in [2.75, 3.05) is 0 Å². The fourth-order valence-electron chi connectivity index (χ4n) is 1.18. The van der Waals surface area contributed by atoms with E-state index in [1.807, 2.05) is 6.07 Å². The van der Waals surface area contributed by atoms with E-state index in [0.717, 1.165) is 9.35 Å². The number of carboxylic acid groups (broad SMARTS) is 1. The monoisotopic (exact) mass is 276 g/mol. The smallest absolute Gasteiger partial charge is 0.303 e. The number of halogens is 1. The fourth-order valence-corrected chi connectivity index (χ4v) is 3.36. The average Bonchev–Trinajstić information content (AvgIpc) is 2.43. The highest BCUT2D eigenvalue weighted by molar-refractivity contribution is 9.10. The van der Waals surface area contributed by atoms with Crippen LogP contribution < -0.4 is 0 Å². The van der Waals surface area contributed by atoms with Crippen LogP contribution in [0.5, 0.6) is 0 Å². The summed E-state index contributed by atoms with van der Waals surface area (Å²) in [6, 6.07) is 2.03. The maximum absolute atomic E-state index is 10.4. The second kappa shape index (κ2) is 4.94. The lowest BCUT2D eigenvalue weighted by Gasteiger charge is -1.99. The van der Waals surface area contributed by atoms with Gasteiger partial charge < -0.3 is 5.11 Å². The summed E-state index contributed by atoms with van der Waals surface area (Å²) in [5, 5.41) is 8.55. The summed E-state index contributed by atoms with van der Waals surface area (Å²) < 4.78 is 1.11. The predicted molar refractivity (Wildman–Crippen MR) is 62.1 cm³/mol. The van der Waals surface area contributed by atoms with Crippen LogP contribution in [-0.4, -0.2) is 11.1 Å². The standard InChI is InChI=1S/C10H13BrO2S/c1-6(2)10-8(11)5-7(14-10)3-4-9(12)13/h5-6H,3-4H2,1-2H3,(H,12,13). The number of aliphatic carboxylic acids is 1. The molecule has 0 saturated carbocycles. The predicted octanol–water partition coefficient (Wildman–Crippen LogP) is 3.65. The summed E-state index contributed by atoms with van der Waals surface area (Å²) in [4.78, 5) is 12.8. The fraction of sp³-hybridized carbons (Fsp3) is 0.500. The molecule has 1 rings (SSSR count). The van der Waals surface area contributed by atoms with Crippen LogP contribution in [0.3, 0.4) is 0 Å². The van der Waals surface area contributed by atoms with Gasteiger partial charge in [0.25, 0.3) is 0 Å². The van der Waals surface area contributed by atoms with Crippen molar-refractivity contribution in [1.82, 2.24) is 0 Å². The molecule has 4 heteroatoms. The first-order valence-electron chi connectivity index (χ1n) is 4.50. The molecule has 0 aliphatic carbocycles. The lowest BCUT2D eigenvalue weighted by molar-refractivity contribution is -0.136. The zero-order chi connectivity index (χ0) is 10.7. The van der Waals surface area contributed by atoms with Gasteiger partial charge in [-0.2, -0.15) is 0 Å². The van der Waals surface area contributed by atoms with Gasteiger partial charge in [0, 0.05) is 14.2 Å². The molecule has 1 N–H and O–H groups in total. The van der Waals surface area contributed by atoms with Gasteiger partial charge in [0.2, 0.25) is 0 Å². The van der Waals surface area contributed by atoms with Gasteiger partial charge in [-0.3, -0.25) is 4.79 Å². The SMILES string of the molecule is CC(C)c1sc(CCC(=O)O)cc1Br. The third-order valence-electron chi connectivity index (χ3n) is 1.87. The van der Waals surface area contributed by atoms with Gasteiger partial charge in [0.05, 0.1) is 6.42 Å². The molecule has 1 aromatic heterocycles. The summed E-state index contributed by atoms with van der Waals surface area (Å²) in [5.74, 6) is -0.242.